The van der Waals surface area contributed by atoms with Crippen molar-refractivity contribution in [2.75, 3.05) is 7.05 Å². The van der Waals surface area contributed by atoms with Gasteiger partial charge in [-0.05, 0) is 95.9 Å². The Morgan fingerprint density at radius 2 is 1.74 bits per heavy atom. The Bertz CT molecular complexity index is 1790. The number of fused-ring (bicyclic) bond motifs is 1. The Hall–Kier alpha value is -4.75. The molecular weight excluding hydrogens is 542 g/mol. The molecule has 7 heteroatoms. The highest BCUT2D eigenvalue weighted by Crippen LogP contribution is 2.34. The molecule has 0 saturated carbocycles. The third kappa shape index (κ3) is 6.42. The number of benzene rings is 3. The number of ether oxygens (including phenoxy) is 1. The molecule has 2 amide bonds. The highest BCUT2D eigenvalue weighted by Gasteiger charge is 2.15. The molecule has 2 N–H and O–H groups in total. The minimum atomic E-state index is -0.182. The lowest BCUT2D eigenvalue weighted by Gasteiger charge is -2.17. The lowest BCUT2D eigenvalue weighted by molar-refractivity contribution is -0.116. The normalized spacial score (nSPS) is 11.1. The molecule has 0 atom stereocenters. The summed E-state index contributed by atoms with van der Waals surface area (Å²) in [5, 5.41) is 8.72. The van der Waals surface area contributed by atoms with Gasteiger partial charge in [0.1, 0.15) is 17.9 Å². The number of hydrogen-bond donors (Lipinski definition) is 2. The summed E-state index contributed by atoms with van der Waals surface area (Å²) in [6, 6.07) is 23.6. The molecular formula is C35H33N3O3S. The third-order valence-electron chi connectivity index (χ3n) is 7.31. The fraction of sp³-hybridized carbons (Fsp3) is 0.171. The zero-order chi connectivity index (χ0) is 29.6. The highest BCUT2D eigenvalue weighted by molar-refractivity contribution is 7.10. The number of para-hydroxylation sites is 1. The monoisotopic (exact) mass is 575 g/mol. The van der Waals surface area contributed by atoms with E-state index in [9.17, 15) is 9.59 Å². The van der Waals surface area contributed by atoms with Crippen LogP contribution >= 0.6 is 11.3 Å². The van der Waals surface area contributed by atoms with Crippen molar-refractivity contribution in [2.45, 2.75) is 33.9 Å². The summed E-state index contributed by atoms with van der Waals surface area (Å²) in [5.74, 6) is 0.448. The number of hydrogen-bond acceptors (Lipinski definition) is 5. The van der Waals surface area contributed by atoms with E-state index in [2.05, 4.69) is 54.1 Å². The van der Waals surface area contributed by atoms with Crippen LogP contribution in [0.5, 0.6) is 5.75 Å². The van der Waals surface area contributed by atoms with Gasteiger partial charge in [-0.2, -0.15) is 0 Å². The van der Waals surface area contributed by atoms with E-state index in [1.807, 2.05) is 43.3 Å². The first-order valence-electron chi connectivity index (χ1n) is 13.8. The number of rotatable bonds is 9. The third-order valence-corrected chi connectivity index (χ3v) is 8.23. The van der Waals surface area contributed by atoms with Crippen molar-refractivity contribution in [3.05, 3.63) is 123 Å². The predicted octanol–water partition coefficient (Wildman–Crippen LogP) is 7.16. The molecule has 212 valence electrons. The minimum Gasteiger partial charge on any atom is -0.487 e. The first-order valence-corrected chi connectivity index (χ1v) is 14.6. The van der Waals surface area contributed by atoms with Crippen molar-refractivity contribution < 1.29 is 14.3 Å². The van der Waals surface area contributed by atoms with E-state index in [1.165, 1.54) is 11.6 Å². The molecule has 42 heavy (non-hydrogen) atoms. The summed E-state index contributed by atoms with van der Waals surface area (Å²) in [7, 11) is 1.60. The van der Waals surface area contributed by atoms with Crippen molar-refractivity contribution in [3.8, 4) is 16.9 Å². The standard InChI is InChI=1S/C35H33N3O3S/c1-22-8-16-28(24(3)30(22)21-41-31-7-5-6-26-13-9-23(2)38-34(26)31)29-18-19-42-32(29)20-37-33(39)17-12-25-10-14-27(15-11-25)35(40)36-4/h5-19H,20-21H2,1-4H3,(H,36,40)(H,37,39). The second-order valence-corrected chi connectivity index (χ2v) is 11.1. The molecule has 0 radical (unpaired) electrons. The Morgan fingerprint density at radius 3 is 2.52 bits per heavy atom. The van der Waals surface area contributed by atoms with Crippen LogP contribution in [0, 0.1) is 20.8 Å². The number of aromatic nitrogens is 1. The highest BCUT2D eigenvalue weighted by atomic mass is 32.1. The summed E-state index contributed by atoms with van der Waals surface area (Å²) >= 11 is 1.62. The molecule has 0 fully saturated rings. The zero-order valence-corrected chi connectivity index (χ0v) is 25.0. The van der Waals surface area contributed by atoms with Crippen molar-refractivity contribution in [1.29, 1.82) is 0 Å². The summed E-state index contributed by atoms with van der Waals surface area (Å²) in [6.45, 7) is 7.08. The van der Waals surface area contributed by atoms with E-state index in [1.54, 1.807) is 36.6 Å². The molecule has 2 aromatic heterocycles. The van der Waals surface area contributed by atoms with E-state index in [-0.39, 0.29) is 11.8 Å². The number of thiophene rings is 1. The van der Waals surface area contributed by atoms with Crippen LogP contribution in [0.1, 0.15) is 43.2 Å². The van der Waals surface area contributed by atoms with Crippen LogP contribution in [0.3, 0.4) is 0 Å². The Morgan fingerprint density at radius 1 is 0.929 bits per heavy atom. The maximum absolute atomic E-state index is 12.6. The molecule has 0 bridgehead atoms. The van der Waals surface area contributed by atoms with Crippen molar-refractivity contribution >= 4 is 40.1 Å². The first-order chi connectivity index (χ1) is 20.3. The second-order valence-electron chi connectivity index (χ2n) is 10.1. The number of nitrogens with one attached hydrogen (secondary N) is 2. The van der Waals surface area contributed by atoms with Crippen LogP contribution in [-0.2, 0) is 17.9 Å². The average molecular weight is 576 g/mol. The molecule has 0 spiro atoms. The minimum absolute atomic E-state index is 0.143. The fourth-order valence-corrected chi connectivity index (χ4v) is 5.72. The molecule has 5 rings (SSSR count). The van der Waals surface area contributed by atoms with Crippen LogP contribution < -0.4 is 15.4 Å². The number of pyridine rings is 1. The van der Waals surface area contributed by atoms with Crippen LogP contribution in [-0.4, -0.2) is 23.8 Å². The van der Waals surface area contributed by atoms with Crippen molar-refractivity contribution in [2.24, 2.45) is 0 Å². The van der Waals surface area contributed by atoms with Gasteiger partial charge in [-0.3, -0.25) is 9.59 Å². The first kappa shape index (κ1) is 28.8. The van der Waals surface area contributed by atoms with E-state index >= 15 is 0 Å². The summed E-state index contributed by atoms with van der Waals surface area (Å²) in [5.41, 5.74) is 8.94. The van der Waals surface area contributed by atoms with E-state index < -0.39 is 0 Å². The van der Waals surface area contributed by atoms with Gasteiger partial charge in [-0.1, -0.05) is 42.5 Å². The van der Waals surface area contributed by atoms with Gasteiger partial charge >= 0.3 is 0 Å². The van der Waals surface area contributed by atoms with Gasteiger partial charge in [-0.15, -0.1) is 11.3 Å². The second kappa shape index (κ2) is 12.8. The van der Waals surface area contributed by atoms with E-state index in [0.29, 0.717) is 18.7 Å². The molecule has 6 nitrogen and oxygen atoms in total. The fourth-order valence-electron chi connectivity index (χ4n) is 4.90. The largest absolute Gasteiger partial charge is 0.487 e. The van der Waals surface area contributed by atoms with Gasteiger partial charge in [-0.25, -0.2) is 4.98 Å². The zero-order valence-electron chi connectivity index (χ0n) is 24.2. The van der Waals surface area contributed by atoms with Gasteiger partial charge in [0, 0.05) is 34.6 Å². The lowest BCUT2D eigenvalue weighted by atomic mass is 9.94. The lowest BCUT2D eigenvalue weighted by Crippen LogP contribution is -2.20. The smallest absolute Gasteiger partial charge is 0.251 e. The van der Waals surface area contributed by atoms with Crippen LogP contribution in [0.2, 0.25) is 0 Å². The Balaban J connectivity index is 1.28. The van der Waals surface area contributed by atoms with Crippen molar-refractivity contribution in [1.82, 2.24) is 15.6 Å². The maximum Gasteiger partial charge on any atom is 0.251 e. The number of amides is 2. The summed E-state index contributed by atoms with van der Waals surface area (Å²) in [4.78, 5) is 30.1. The maximum atomic E-state index is 12.6. The van der Waals surface area contributed by atoms with Gasteiger partial charge in [0.2, 0.25) is 5.91 Å². The van der Waals surface area contributed by atoms with Crippen LogP contribution in [0.4, 0.5) is 0 Å². The molecule has 2 heterocycles. The van der Waals surface area contributed by atoms with Gasteiger partial charge in [0.15, 0.2) is 0 Å². The molecule has 0 unspecified atom stereocenters. The molecule has 0 aliphatic heterocycles. The molecule has 0 aliphatic carbocycles. The van der Waals surface area contributed by atoms with E-state index in [4.69, 9.17) is 9.72 Å². The topological polar surface area (TPSA) is 80.3 Å². The average Bonchev–Trinajstić information content (AvgIpc) is 3.47. The summed E-state index contributed by atoms with van der Waals surface area (Å²) in [6.07, 6.45) is 3.25. The Labute approximate surface area is 250 Å². The Kier molecular flexibility index (Phi) is 8.79. The van der Waals surface area contributed by atoms with Crippen LogP contribution in [0.15, 0.2) is 84.3 Å². The number of aryl methyl sites for hydroxylation is 2. The molecule has 3 aromatic carbocycles. The van der Waals surface area contributed by atoms with E-state index in [0.717, 1.165) is 55.0 Å². The summed E-state index contributed by atoms with van der Waals surface area (Å²) < 4.78 is 6.35. The number of nitrogens with zero attached hydrogens (tertiary/aromatic N) is 1. The van der Waals surface area contributed by atoms with Crippen LogP contribution in [0.25, 0.3) is 28.1 Å². The molecule has 0 saturated heterocycles. The van der Waals surface area contributed by atoms with Crippen molar-refractivity contribution in [3.63, 3.8) is 0 Å². The predicted molar refractivity (Wildman–Crippen MR) is 171 cm³/mol. The molecule has 5 aromatic rings. The SMILES string of the molecule is CNC(=O)c1ccc(C=CC(=O)NCc2sccc2-c2ccc(C)c(COc3cccc4ccc(C)nc34)c2C)cc1. The number of carbonyl (C=O) groups excluding carboxylic acids is 2. The number of carbonyl (C=O) groups is 2. The quantitative estimate of drug-likeness (QED) is 0.183. The molecule has 0 aliphatic rings. The van der Waals surface area contributed by atoms with Gasteiger partial charge < -0.3 is 15.4 Å². The van der Waals surface area contributed by atoms with Gasteiger partial charge in [0.05, 0.1) is 6.54 Å². The van der Waals surface area contributed by atoms with Gasteiger partial charge in [0.25, 0.3) is 5.91 Å².